The lowest BCUT2D eigenvalue weighted by atomic mass is 10.1. The Labute approximate surface area is 114 Å². The van der Waals surface area contributed by atoms with Gasteiger partial charge in [0.15, 0.2) is 0 Å². The lowest BCUT2D eigenvalue weighted by Gasteiger charge is -2.08. The van der Waals surface area contributed by atoms with E-state index in [-0.39, 0.29) is 6.04 Å². The van der Waals surface area contributed by atoms with Crippen molar-refractivity contribution in [3.8, 4) is 5.75 Å². The molecule has 1 heterocycles. The Morgan fingerprint density at radius 3 is 2.37 bits per heavy atom. The van der Waals surface area contributed by atoms with Crippen LogP contribution in [0.4, 0.5) is 0 Å². The van der Waals surface area contributed by atoms with Crippen molar-refractivity contribution in [3.63, 3.8) is 0 Å². The van der Waals surface area contributed by atoms with Crippen LogP contribution in [-0.4, -0.2) is 9.78 Å². The van der Waals surface area contributed by atoms with Gasteiger partial charge in [-0.05, 0) is 44.5 Å². The Morgan fingerprint density at radius 2 is 1.84 bits per heavy atom. The fourth-order valence-corrected chi connectivity index (χ4v) is 1.77. The van der Waals surface area contributed by atoms with Gasteiger partial charge in [0, 0.05) is 18.3 Å². The van der Waals surface area contributed by atoms with Crippen molar-refractivity contribution >= 4 is 0 Å². The summed E-state index contributed by atoms with van der Waals surface area (Å²) in [5.74, 6) is 0.837. The molecule has 2 N–H and O–H groups in total. The molecule has 4 heteroatoms. The van der Waals surface area contributed by atoms with Gasteiger partial charge in [0.25, 0.3) is 0 Å². The Morgan fingerprint density at radius 1 is 1.16 bits per heavy atom. The summed E-state index contributed by atoms with van der Waals surface area (Å²) in [6, 6.07) is 10.3. The normalized spacial score (nSPS) is 12.7. The molecule has 0 radical (unpaired) electrons. The van der Waals surface area contributed by atoms with E-state index in [1.165, 1.54) is 0 Å². The van der Waals surface area contributed by atoms with Crippen LogP contribution in [0.3, 0.4) is 0 Å². The molecule has 2 aromatic rings. The Balaban J connectivity index is 1.94. The summed E-state index contributed by atoms with van der Waals surface area (Å²) in [5.41, 5.74) is 7.85. The first-order valence-electron chi connectivity index (χ1n) is 6.58. The number of aromatic nitrogens is 2. The summed E-state index contributed by atoms with van der Waals surface area (Å²) in [7, 11) is 0. The van der Waals surface area contributed by atoms with Crippen LogP contribution in [0.5, 0.6) is 5.75 Å². The fraction of sp³-hybridized carbons (Fsp3) is 0.400. The number of hydrogen-bond donors (Lipinski definition) is 1. The maximum Gasteiger partial charge on any atom is 0.132 e. The quantitative estimate of drug-likeness (QED) is 0.897. The molecule has 0 bridgehead atoms. The summed E-state index contributed by atoms with van der Waals surface area (Å²) in [4.78, 5) is 0. The van der Waals surface area contributed by atoms with Gasteiger partial charge in [-0.2, -0.15) is 5.10 Å². The highest BCUT2D eigenvalue weighted by Crippen LogP contribution is 2.17. The topological polar surface area (TPSA) is 53.1 Å². The van der Waals surface area contributed by atoms with Crippen molar-refractivity contribution in [2.45, 2.75) is 39.5 Å². The minimum absolute atomic E-state index is 0.0517. The van der Waals surface area contributed by atoms with Crippen molar-refractivity contribution in [1.82, 2.24) is 9.78 Å². The maximum absolute atomic E-state index is 5.81. The summed E-state index contributed by atoms with van der Waals surface area (Å²) in [5, 5.41) is 4.44. The van der Waals surface area contributed by atoms with E-state index in [4.69, 9.17) is 10.5 Å². The number of hydrogen-bond acceptors (Lipinski definition) is 3. The van der Waals surface area contributed by atoms with Crippen LogP contribution in [0.2, 0.25) is 0 Å². The molecule has 0 fully saturated rings. The molecular weight excluding hydrogens is 238 g/mol. The molecule has 0 spiro atoms. The third-order valence-electron chi connectivity index (χ3n) is 2.99. The molecule has 0 aliphatic rings. The van der Waals surface area contributed by atoms with Crippen LogP contribution >= 0.6 is 0 Å². The fourth-order valence-electron chi connectivity index (χ4n) is 1.77. The molecule has 0 saturated carbocycles. The van der Waals surface area contributed by atoms with Gasteiger partial charge in [-0.1, -0.05) is 12.1 Å². The second-order valence-electron chi connectivity index (χ2n) is 5.03. The minimum atomic E-state index is 0.0517. The molecule has 0 aliphatic heterocycles. The van der Waals surface area contributed by atoms with E-state index < -0.39 is 0 Å². The first kappa shape index (κ1) is 13.6. The minimum Gasteiger partial charge on any atom is -0.487 e. The van der Waals surface area contributed by atoms with Crippen molar-refractivity contribution in [2.75, 3.05) is 0 Å². The molecule has 19 heavy (non-hydrogen) atoms. The van der Waals surface area contributed by atoms with Crippen LogP contribution < -0.4 is 10.5 Å². The first-order valence-corrected chi connectivity index (χ1v) is 6.58. The number of rotatable bonds is 5. The summed E-state index contributed by atoms with van der Waals surface area (Å²) in [6.07, 6.45) is 1.97. The lowest BCUT2D eigenvalue weighted by Crippen LogP contribution is -2.05. The van der Waals surface area contributed by atoms with Gasteiger partial charge in [0.2, 0.25) is 0 Å². The van der Waals surface area contributed by atoms with Crippen LogP contribution in [0.25, 0.3) is 0 Å². The van der Waals surface area contributed by atoms with Gasteiger partial charge in [-0.15, -0.1) is 0 Å². The van der Waals surface area contributed by atoms with Crippen LogP contribution in [-0.2, 0) is 6.61 Å². The average Bonchev–Trinajstić information content (AvgIpc) is 2.86. The third kappa shape index (κ3) is 3.58. The zero-order valence-electron chi connectivity index (χ0n) is 11.7. The van der Waals surface area contributed by atoms with Crippen molar-refractivity contribution < 1.29 is 4.74 Å². The molecule has 0 saturated heterocycles. The molecule has 2 rings (SSSR count). The van der Waals surface area contributed by atoms with E-state index in [2.05, 4.69) is 18.9 Å². The van der Waals surface area contributed by atoms with Gasteiger partial charge in [-0.3, -0.25) is 4.68 Å². The molecule has 1 aromatic carbocycles. The van der Waals surface area contributed by atoms with E-state index in [0.29, 0.717) is 12.6 Å². The molecule has 102 valence electrons. The number of ether oxygens (including phenoxy) is 1. The van der Waals surface area contributed by atoms with Crippen molar-refractivity contribution in [3.05, 3.63) is 47.8 Å². The predicted octanol–water partition coefficient (Wildman–Crippen LogP) is 3.06. The first-order chi connectivity index (χ1) is 9.06. The molecule has 0 amide bonds. The molecular formula is C15H21N3O. The highest BCUT2D eigenvalue weighted by molar-refractivity contribution is 5.28. The molecule has 0 aliphatic carbocycles. The summed E-state index contributed by atoms with van der Waals surface area (Å²) in [6.45, 7) is 6.65. The number of benzene rings is 1. The van der Waals surface area contributed by atoms with E-state index in [9.17, 15) is 0 Å². The second-order valence-corrected chi connectivity index (χ2v) is 5.03. The molecule has 1 atom stereocenters. The van der Waals surface area contributed by atoms with Crippen molar-refractivity contribution in [2.24, 2.45) is 5.73 Å². The van der Waals surface area contributed by atoms with Crippen LogP contribution in [0.15, 0.2) is 36.5 Å². The molecule has 4 nitrogen and oxygen atoms in total. The average molecular weight is 259 g/mol. The smallest absolute Gasteiger partial charge is 0.132 e. The van der Waals surface area contributed by atoms with Crippen molar-refractivity contribution in [1.29, 1.82) is 0 Å². The highest BCUT2D eigenvalue weighted by Gasteiger charge is 2.04. The zero-order valence-corrected chi connectivity index (χ0v) is 11.7. The number of nitrogens with zero attached hydrogens (tertiary/aromatic N) is 2. The van der Waals surface area contributed by atoms with E-state index in [1.807, 2.05) is 48.1 Å². The predicted molar refractivity (Wildman–Crippen MR) is 76.0 cm³/mol. The maximum atomic E-state index is 5.81. The van der Waals surface area contributed by atoms with Gasteiger partial charge in [0.05, 0.1) is 5.69 Å². The third-order valence-corrected chi connectivity index (χ3v) is 2.99. The summed E-state index contributed by atoms with van der Waals surface area (Å²) >= 11 is 0. The lowest BCUT2D eigenvalue weighted by molar-refractivity contribution is 0.298. The van der Waals surface area contributed by atoms with Crippen LogP contribution in [0.1, 0.15) is 44.1 Å². The Kier molecular flexibility index (Phi) is 4.22. The Hall–Kier alpha value is -1.81. The zero-order chi connectivity index (χ0) is 13.8. The molecule has 1 unspecified atom stereocenters. The second kappa shape index (κ2) is 5.89. The standard InChI is InChI=1S/C15H21N3O/c1-11(2)18-9-8-14(17-18)10-19-15-6-4-13(5-7-15)12(3)16/h4-9,11-12H,10,16H2,1-3H3. The van der Waals surface area contributed by atoms with E-state index in [1.54, 1.807) is 0 Å². The molecule has 1 aromatic heterocycles. The largest absolute Gasteiger partial charge is 0.487 e. The van der Waals surface area contributed by atoms with E-state index in [0.717, 1.165) is 17.0 Å². The monoisotopic (exact) mass is 259 g/mol. The van der Waals surface area contributed by atoms with Gasteiger partial charge >= 0.3 is 0 Å². The summed E-state index contributed by atoms with van der Waals surface area (Å²) < 4.78 is 7.63. The SMILES string of the molecule is CC(N)c1ccc(OCc2ccn(C(C)C)n2)cc1. The Bertz CT molecular complexity index is 514. The van der Waals surface area contributed by atoms with Gasteiger partial charge in [-0.25, -0.2) is 0 Å². The number of nitrogens with two attached hydrogens (primary N) is 1. The van der Waals surface area contributed by atoms with Gasteiger partial charge < -0.3 is 10.5 Å². The van der Waals surface area contributed by atoms with Crippen LogP contribution in [0, 0.1) is 0 Å². The van der Waals surface area contributed by atoms with E-state index >= 15 is 0 Å². The van der Waals surface area contributed by atoms with Gasteiger partial charge in [0.1, 0.15) is 12.4 Å². The highest BCUT2D eigenvalue weighted by atomic mass is 16.5.